The molecule has 0 saturated carbocycles. The van der Waals surface area contributed by atoms with Gasteiger partial charge in [-0.25, -0.2) is 0 Å². The van der Waals surface area contributed by atoms with Crippen LogP contribution in [0.25, 0.3) is 6.08 Å². The second-order valence-corrected chi connectivity index (χ2v) is 4.39. The van der Waals surface area contributed by atoms with Crippen molar-refractivity contribution in [2.75, 3.05) is 0 Å². The van der Waals surface area contributed by atoms with Gasteiger partial charge in [0, 0.05) is 5.56 Å². The molecule has 1 heterocycles. The summed E-state index contributed by atoms with van der Waals surface area (Å²) >= 11 is 0. The maximum Gasteiger partial charge on any atom is 0.429 e. The molecule has 0 radical (unpaired) electrons. The Morgan fingerprint density at radius 1 is 1.24 bits per heavy atom. The third kappa shape index (κ3) is 2.46. The molecule has 4 heteroatoms. The standard InChI is InChI=1S/C13H13F3O/c1-8(2)10-4-3-9-5-6-12(13(14,15)16)17-11(9)7-10/h3-8,12H,1-2H3/t12-/m0/s1. The number of alkyl halides is 3. The molecule has 1 aromatic rings. The molecule has 0 bridgehead atoms. The minimum atomic E-state index is -4.36. The number of benzene rings is 1. The summed E-state index contributed by atoms with van der Waals surface area (Å²) in [6.07, 6.45) is -3.70. The normalized spacial score (nSPS) is 19.1. The van der Waals surface area contributed by atoms with Gasteiger partial charge in [-0.1, -0.05) is 32.1 Å². The smallest absolute Gasteiger partial charge is 0.429 e. The SMILES string of the molecule is CC(C)c1ccc2c(c1)O[C@H](C(F)(F)F)C=C2. The Morgan fingerprint density at radius 3 is 2.53 bits per heavy atom. The van der Waals surface area contributed by atoms with Crippen LogP contribution in [0.15, 0.2) is 24.3 Å². The summed E-state index contributed by atoms with van der Waals surface area (Å²) in [6.45, 7) is 3.98. The lowest BCUT2D eigenvalue weighted by Crippen LogP contribution is -2.33. The monoisotopic (exact) mass is 242 g/mol. The fraction of sp³-hybridized carbons (Fsp3) is 0.385. The Hall–Kier alpha value is -1.45. The van der Waals surface area contributed by atoms with Crippen LogP contribution in [0.1, 0.15) is 30.9 Å². The van der Waals surface area contributed by atoms with E-state index in [1.165, 1.54) is 6.08 Å². The highest BCUT2D eigenvalue weighted by Crippen LogP contribution is 2.34. The average Bonchev–Trinajstić information content (AvgIpc) is 2.26. The van der Waals surface area contributed by atoms with Gasteiger partial charge < -0.3 is 4.74 Å². The summed E-state index contributed by atoms with van der Waals surface area (Å²) < 4.78 is 42.5. The molecule has 1 nitrogen and oxygen atoms in total. The first-order valence-corrected chi connectivity index (χ1v) is 5.43. The summed E-state index contributed by atoms with van der Waals surface area (Å²) in [7, 11) is 0. The van der Waals surface area contributed by atoms with Gasteiger partial charge in [0.25, 0.3) is 0 Å². The summed E-state index contributed by atoms with van der Waals surface area (Å²) in [6, 6.07) is 5.38. The van der Waals surface area contributed by atoms with E-state index in [0.29, 0.717) is 11.3 Å². The lowest BCUT2D eigenvalue weighted by atomic mass is 9.99. The van der Waals surface area contributed by atoms with E-state index in [9.17, 15) is 13.2 Å². The molecule has 0 spiro atoms. The molecule has 0 saturated heterocycles. The van der Waals surface area contributed by atoms with Crippen LogP contribution in [-0.4, -0.2) is 12.3 Å². The lowest BCUT2D eigenvalue weighted by molar-refractivity contribution is -0.180. The fourth-order valence-electron chi connectivity index (χ4n) is 1.69. The Labute approximate surface area is 97.9 Å². The van der Waals surface area contributed by atoms with Crippen LogP contribution in [0, 0.1) is 0 Å². The van der Waals surface area contributed by atoms with Crippen LogP contribution in [-0.2, 0) is 0 Å². The Morgan fingerprint density at radius 2 is 1.94 bits per heavy atom. The van der Waals surface area contributed by atoms with Crippen molar-refractivity contribution in [2.24, 2.45) is 0 Å². The number of fused-ring (bicyclic) bond motifs is 1. The zero-order valence-corrected chi connectivity index (χ0v) is 9.58. The van der Waals surface area contributed by atoms with Gasteiger partial charge in [0.15, 0.2) is 0 Å². The van der Waals surface area contributed by atoms with Crippen molar-refractivity contribution in [1.82, 2.24) is 0 Å². The number of hydrogen-bond acceptors (Lipinski definition) is 1. The largest absolute Gasteiger partial charge is 0.476 e. The van der Waals surface area contributed by atoms with Crippen LogP contribution in [0.2, 0.25) is 0 Å². The van der Waals surface area contributed by atoms with Crippen molar-refractivity contribution in [1.29, 1.82) is 0 Å². The number of halogens is 3. The van der Waals surface area contributed by atoms with Crippen molar-refractivity contribution >= 4 is 6.08 Å². The van der Waals surface area contributed by atoms with E-state index in [1.54, 1.807) is 12.1 Å². The van der Waals surface area contributed by atoms with Gasteiger partial charge in [0.05, 0.1) is 0 Å². The van der Waals surface area contributed by atoms with Crippen molar-refractivity contribution in [3.8, 4) is 5.75 Å². The minimum absolute atomic E-state index is 0.263. The highest BCUT2D eigenvalue weighted by molar-refractivity contribution is 5.61. The molecule has 0 aliphatic carbocycles. The Kier molecular flexibility index (Phi) is 2.89. The first kappa shape index (κ1) is 12.0. The Bertz CT molecular complexity index is 446. The molecule has 92 valence electrons. The molecule has 2 rings (SSSR count). The summed E-state index contributed by atoms with van der Waals surface area (Å²) in [5.41, 5.74) is 1.66. The molecular weight excluding hydrogens is 229 g/mol. The molecule has 0 aromatic heterocycles. The molecule has 1 atom stereocenters. The van der Waals surface area contributed by atoms with E-state index in [0.717, 1.165) is 11.6 Å². The summed E-state index contributed by atoms with van der Waals surface area (Å²) in [5.74, 6) is 0.570. The first-order chi connectivity index (χ1) is 7.88. The van der Waals surface area contributed by atoms with E-state index in [-0.39, 0.29) is 5.92 Å². The molecule has 1 aromatic carbocycles. The third-order valence-corrected chi connectivity index (χ3v) is 2.73. The molecule has 1 aliphatic rings. The molecule has 0 unspecified atom stereocenters. The number of ether oxygens (including phenoxy) is 1. The van der Waals surface area contributed by atoms with Gasteiger partial charge in [-0.2, -0.15) is 13.2 Å². The van der Waals surface area contributed by atoms with Gasteiger partial charge in [0.2, 0.25) is 6.10 Å². The second-order valence-electron chi connectivity index (χ2n) is 4.39. The first-order valence-electron chi connectivity index (χ1n) is 5.43. The molecule has 0 fully saturated rings. The van der Waals surface area contributed by atoms with E-state index in [2.05, 4.69) is 0 Å². The van der Waals surface area contributed by atoms with E-state index in [4.69, 9.17) is 4.74 Å². The highest BCUT2D eigenvalue weighted by Gasteiger charge is 2.41. The topological polar surface area (TPSA) is 9.23 Å². The predicted octanol–water partition coefficient (Wildman–Crippen LogP) is 4.15. The second kappa shape index (κ2) is 4.09. The van der Waals surface area contributed by atoms with Crippen LogP contribution in [0.5, 0.6) is 5.75 Å². The van der Waals surface area contributed by atoms with E-state index >= 15 is 0 Å². The molecule has 0 N–H and O–H groups in total. The van der Waals surface area contributed by atoms with Crippen molar-refractivity contribution in [2.45, 2.75) is 32.0 Å². The zero-order valence-electron chi connectivity index (χ0n) is 9.58. The van der Waals surface area contributed by atoms with E-state index in [1.807, 2.05) is 19.9 Å². The van der Waals surface area contributed by atoms with Crippen molar-refractivity contribution in [3.63, 3.8) is 0 Å². The van der Waals surface area contributed by atoms with Crippen LogP contribution in [0.3, 0.4) is 0 Å². The van der Waals surface area contributed by atoms with Crippen molar-refractivity contribution in [3.05, 3.63) is 35.4 Å². The average molecular weight is 242 g/mol. The van der Waals surface area contributed by atoms with Gasteiger partial charge >= 0.3 is 6.18 Å². The summed E-state index contributed by atoms with van der Waals surface area (Å²) in [4.78, 5) is 0. The predicted molar refractivity (Wildman–Crippen MR) is 60.0 cm³/mol. The van der Waals surface area contributed by atoms with Crippen molar-refractivity contribution < 1.29 is 17.9 Å². The number of hydrogen-bond donors (Lipinski definition) is 0. The molecular formula is C13H13F3O. The molecule has 17 heavy (non-hydrogen) atoms. The van der Waals surface area contributed by atoms with Gasteiger partial charge in [0.1, 0.15) is 5.75 Å². The van der Waals surface area contributed by atoms with Crippen LogP contribution >= 0.6 is 0 Å². The minimum Gasteiger partial charge on any atom is -0.476 e. The summed E-state index contributed by atoms with van der Waals surface area (Å²) in [5, 5.41) is 0. The lowest BCUT2D eigenvalue weighted by Gasteiger charge is -2.24. The van der Waals surface area contributed by atoms with Crippen LogP contribution < -0.4 is 4.74 Å². The molecule has 0 amide bonds. The maximum atomic E-state index is 12.5. The zero-order chi connectivity index (χ0) is 12.6. The van der Waals surface area contributed by atoms with E-state index < -0.39 is 12.3 Å². The Balaban J connectivity index is 2.32. The quantitative estimate of drug-likeness (QED) is 0.719. The highest BCUT2D eigenvalue weighted by atomic mass is 19.4. The molecule has 1 aliphatic heterocycles. The third-order valence-electron chi connectivity index (χ3n) is 2.73. The maximum absolute atomic E-state index is 12.5. The van der Waals surface area contributed by atoms with Gasteiger partial charge in [-0.3, -0.25) is 0 Å². The van der Waals surface area contributed by atoms with Crippen LogP contribution in [0.4, 0.5) is 13.2 Å². The van der Waals surface area contributed by atoms with Gasteiger partial charge in [-0.05, 0) is 23.6 Å². The number of rotatable bonds is 1. The fourth-order valence-corrected chi connectivity index (χ4v) is 1.69. The van der Waals surface area contributed by atoms with Gasteiger partial charge in [-0.15, -0.1) is 0 Å².